The van der Waals surface area contributed by atoms with Gasteiger partial charge in [-0.2, -0.15) is 0 Å². The zero-order valence-electron chi connectivity index (χ0n) is 15.4. The van der Waals surface area contributed by atoms with Crippen LogP contribution in [-0.4, -0.2) is 44.7 Å². The first-order chi connectivity index (χ1) is 12.8. The number of hydrogen-bond acceptors (Lipinski definition) is 4. The summed E-state index contributed by atoms with van der Waals surface area (Å²) in [5.74, 6) is 0.248. The Labute approximate surface area is 159 Å². The van der Waals surface area contributed by atoms with Gasteiger partial charge < -0.3 is 9.64 Å². The van der Waals surface area contributed by atoms with Crippen LogP contribution in [-0.2, 0) is 27.8 Å². The average Bonchev–Trinajstić information content (AvgIpc) is 2.65. The van der Waals surface area contributed by atoms with E-state index in [1.807, 2.05) is 31.2 Å². The molecule has 2 aliphatic heterocycles. The summed E-state index contributed by atoms with van der Waals surface area (Å²) in [7, 11) is -3.52. The van der Waals surface area contributed by atoms with Gasteiger partial charge >= 0.3 is 0 Å². The highest BCUT2D eigenvalue weighted by Gasteiger charge is 2.37. The molecule has 0 radical (unpaired) electrons. The molecule has 142 valence electrons. The Hall–Kier alpha value is -2.54. The molecule has 6 nitrogen and oxygen atoms in total. The van der Waals surface area contributed by atoms with Crippen molar-refractivity contribution >= 4 is 21.6 Å². The van der Waals surface area contributed by atoms with Gasteiger partial charge in [0.1, 0.15) is 5.75 Å². The predicted octanol–water partition coefficient (Wildman–Crippen LogP) is 2.11. The molecule has 2 heterocycles. The molecule has 0 fully saturated rings. The highest BCUT2D eigenvalue weighted by Crippen LogP contribution is 2.36. The van der Waals surface area contributed by atoms with Crippen molar-refractivity contribution in [2.24, 2.45) is 0 Å². The second kappa shape index (κ2) is 6.56. The molecule has 0 N–H and O–H groups in total. The van der Waals surface area contributed by atoms with E-state index in [0.717, 1.165) is 23.8 Å². The second-order valence-electron chi connectivity index (χ2n) is 7.15. The molecule has 1 atom stereocenters. The third-order valence-electron chi connectivity index (χ3n) is 5.10. The van der Waals surface area contributed by atoms with Crippen LogP contribution in [0.5, 0.6) is 5.75 Å². The molecular formula is C20H22N2O4S. The van der Waals surface area contributed by atoms with Crippen LogP contribution in [0.2, 0.25) is 0 Å². The summed E-state index contributed by atoms with van der Waals surface area (Å²) < 4.78 is 31.8. The van der Waals surface area contributed by atoms with E-state index in [1.54, 1.807) is 17.0 Å². The summed E-state index contributed by atoms with van der Waals surface area (Å²) in [4.78, 5) is 14.8. The lowest BCUT2D eigenvalue weighted by molar-refractivity contribution is -0.139. The van der Waals surface area contributed by atoms with Crippen LogP contribution < -0.4 is 9.04 Å². The minimum atomic E-state index is -3.52. The maximum absolute atomic E-state index is 13.1. The molecule has 1 amide bonds. The third kappa shape index (κ3) is 3.39. The lowest BCUT2D eigenvalue weighted by Gasteiger charge is -2.37. The van der Waals surface area contributed by atoms with E-state index in [1.165, 1.54) is 9.87 Å². The van der Waals surface area contributed by atoms with E-state index in [4.69, 9.17) is 4.74 Å². The van der Waals surface area contributed by atoms with Gasteiger partial charge in [-0.15, -0.1) is 0 Å². The Morgan fingerprint density at radius 1 is 1.15 bits per heavy atom. The first kappa shape index (κ1) is 17.9. The standard InChI is InChI=1S/C20H22N2O4S/c1-14-7-8-18-17(11-14)22(27(2,24)25)13-19(26-18)20(23)21-10-9-15-5-3-4-6-16(15)12-21/h3-8,11,19H,9-10,12-13H2,1-2H3/t19-/m0/s1. The van der Waals surface area contributed by atoms with Crippen molar-refractivity contribution in [1.82, 2.24) is 4.90 Å². The Balaban J connectivity index is 1.61. The number of fused-ring (bicyclic) bond motifs is 2. The number of anilines is 1. The normalized spacial score (nSPS) is 19.1. The van der Waals surface area contributed by atoms with E-state index < -0.39 is 16.1 Å². The molecule has 0 aromatic heterocycles. The van der Waals surface area contributed by atoms with Crippen molar-refractivity contribution in [3.63, 3.8) is 0 Å². The molecule has 2 aromatic carbocycles. The Morgan fingerprint density at radius 3 is 2.63 bits per heavy atom. The predicted molar refractivity (Wildman–Crippen MR) is 103 cm³/mol. The van der Waals surface area contributed by atoms with E-state index in [9.17, 15) is 13.2 Å². The van der Waals surface area contributed by atoms with Crippen molar-refractivity contribution < 1.29 is 17.9 Å². The van der Waals surface area contributed by atoms with Gasteiger partial charge in [-0.3, -0.25) is 9.10 Å². The minimum absolute atomic E-state index is 0.00767. The SMILES string of the molecule is Cc1ccc2c(c1)N(S(C)(=O)=O)C[C@@H](C(=O)N1CCc3ccccc3C1)O2. The zero-order chi connectivity index (χ0) is 19.2. The largest absolute Gasteiger partial charge is 0.476 e. The molecular weight excluding hydrogens is 364 g/mol. The fourth-order valence-electron chi connectivity index (χ4n) is 3.69. The number of benzene rings is 2. The Morgan fingerprint density at radius 2 is 1.89 bits per heavy atom. The maximum Gasteiger partial charge on any atom is 0.265 e. The van der Waals surface area contributed by atoms with Gasteiger partial charge in [0.15, 0.2) is 6.10 Å². The van der Waals surface area contributed by atoms with Gasteiger partial charge in [0.05, 0.1) is 18.5 Å². The number of hydrogen-bond donors (Lipinski definition) is 0. The van der Waals surface area contributed by atoms with Crippen molar-refractivity contribution in [3.8, 4) is 5.75 Å². The first-order valence-corrected chi connectivity index (χ1v) is 10.8. The van der Waals surface area contributed by atoms with E-state index in [2.05, 4.69) is 6.07 Å². The average molecular weight is 386 g/mol. The van der Waals surface area contributed by atoms with Crippen molar-refractivity contribution in [1.29, 1.82) is 0 Å². The van der Waals surface area contributed by atoms with Crippen LogP contribution in [0.15, 0.2) is 42.5 Å². The monoisotopic (exact) mass is 386 g/mol. The van der Waals surface area contributed by atoms with Gasteiger partial charge in [-0.1, -0.05) is 30.3 Å². The van der Waals surface area contributed by atoms with Gasteiger partial charge in [0, 0.05) is 13.1 Å². The molecule has 27 heavy (non-hydrogen) atoms. The summed E-state index contributed by atoms with van der Waals surface area (Å²) in [6.07, 6.45) is 1.10. The van der Waals surface area contributed by atoms with Gasteiger partial charge in [-0.25, -0.2) is 8.42 Å². The van der Waals surface area contributed by atoms with Gasteiger partial charge in [-0.05, 0) is 42.2 Å². The van der Waals surface area contributed by atoms with Crippen molar-refractivity contribution in [2.75, 3.05) is 23.7 Å². The quantitative estimate of drug-likeness (QED) is 0.793. The third-order valence-corrected chi connectivity index (χ3v) is 6.25. The van der Waals surface area contributed by atoms with Crippen molar-refractivity contribution in [2.45, 2.75) is 26.0 Å². The van der Waals surface area contributed by atoms with E-state index >= 15 is 0 Å². The molecule has 0 bridgehead atoms. The van der Waals surface area contributed by atoms with Crippen LogP contribution in [0.25, 0.3) is 0 Å². The Kier molecular flexibility index (Phi) is 4.34. The molecule has 0 spiro atoms. The van der Waals surface area contributed by atoms with Gasteiger partial charge in [0.2, 0.25) is 10.0 Å². The number of amides is 1. The zero-order valence-corrected chi connectivity index (χ0v) is 16.2. The molecule has 0 saturated carbocycles. The number of ether oxygens (including phenoxy) is 1. The fraction of sp³-hybridized carbons (Fsp3) is 0.350. The highest BCUT2D eigenvalue weighted by atomic mass is 32.2. The van der Waals surface area contributed by atoms with Crippen LogP contribution in [0.4, 0.5) is 5.69 Å². The topological polar surface area (TPSA) is 66.9 Å². The lowest BCUT2D eigenvalue weighted by atomic mass is 9.99. The van der Waals surface area contributed by atoms with Crippen LogP contribution in [0.1, 0.15) is 16.7 Å². The lowest BCUT2D eigenvalue weighted by Crippen LogP contribution is -2.52. The van der Waals surface area contributed by atoms with E-state index in [0.29, 0.717) is 24.5 Å². The molecule has 2 aromatic rings. The number of carbonyl (C=O) groups is 1. The molecule has 7 heteroatoms. The fourth-order valence-corrected chi connectivity index (χ4v) is 4.60. The molecule has 4 rings (SSSR count). The maximum atomic E-state index is 13.1. The minimum Gasteiger partial charge on any atom is -0.476 e. The van der Waals surface area contributed by atoms with Crippen LogP contribution in [0, 0.1) is 6.92 Å². The smallest absolute Gasteiger partial charge is 0.265 e. The van der Waals surface area contributed by atoms with Crippen molar-refractivity contribution in [3.05, 3.63) is 59.2 Å². The van der Waals surface area contributed by atoms with Crippen LogP contribution in [0.3, 0.4) is 0 Å². The summed E-state index contributed by atoms with van der Waals surface area (Å²) in [5.41, 5.74) is 3.81. The molecule has 2 aliphatic rings. The molecule has 0 aliphatic carbocycles. The second-order valence-corrected chi connectivity index (χ2v) is 9.06. The van der Waals surface area contributed by atoms with Crippen LogP contribution >= 0.6 is 0 Å². The highest BCUT2D eigenvalue weighted by molar-refractivity contribution is 7.92. The van der Waals surface area contributed by atoms with E-state index in [-0.39, 0.29) is 12.5 Å². The first-order valence-electron chi connectivity index (χ1n) is 8.93. The summed E-state index contributed by atoms with van der Waals surface area (Å²) in [5, 5.41) is 0. The Bertz CT molecular complexity index is 1000. The number of sulfonamides is 1. The summed E-state index contributed by atoms with van der Waals surface area (Å²) in [6.45, 7) is 3.01. The summed E-state index contributed by atoms with van der Waals surface area (Å²) in [6, 6.07) is 13.4. The molecule has 0 saturated heterocycles. The number of carbonyl (C=O) groups excluding carboxylic acids is 1. The number of rotatable bonds is 2. The van der Waals surface area contributed by atoms with Gasteiger partial charge in [0.25, 0.3) is 5.91 Å². The number of aryl methyl sites for hydroxylation is 1. The number of nitrogens with zero attached hydrogens (tertiary/aromatic N) is 2. The molecule has 0 unspecified atom stereocenters. The summed E-state index contributed by atoms with van der Waals surface area (Å²) >= 11 is 0.